The van der Waals surface area contributed by atoms with Crippen LogP contribution in [0, 0.1) is 0 Å². The van der Waals surface area contributed by atoms with Gasteiger partial charge in [-0.1, -0.05) is 22.8 Å². The standard InChI is InChI=1S/C12H6BrClN2OS/c13-8-4-3-7(6-9(8)14)11-15-12(17-16-11)10-2-1-5-18-10/h1-6H. The largest absolute Gasteiger partial charge is 0.333 e. The second kappa shape index (κ2) is 4.84. The number of halogens is 2. The Hall–Kier alpha value is -1.17. The van der Waals surface area contributed by atoms with Crippen LogP contribution in [0.2, 0.25) is 5.02 Å². The first-order valence-corrected chi connectivity index (χ1v) is 7.12. The monoisotopic (exact) mass is 340 g/mol. The molecule has 0 unspecified atom stereocenters. The lowest BCUT2D eigenvalue weighted by Gasteiger charge is -1.97. The van der Waals surface area contributed by atoms with Crippen LogP contribution in [-0.4, -0.2) is 10.1 Å². The van der Waals surface area contributed by atoms with Crippen molar-refractivity contribution in [1.29, 1.82) is 0 Å². The fourth-order valence-electron chi connectivity index (χ4n) is 1.48. The van der Waals surface area contributed by atoms with E-state index in [-0.39, 0.29) is 0 Å². The summed E-state index contributed by atoms with van der Waals surface area (Å²) in [6.45, 7) is 0. The number of benzene rings is 1. The van der Waals surface area contributed by atoms with Gasteiger partial charge in [-0.25, -0.2) is 0 Å². The van der Waals surface area contributed by atoms with Gasteiger partial charge >= 0.3 is 0 Å². The van der Waals surface area contributed by atoms with E-state index in [1.54, 1.807) is 17.4 Å². The fourth-order valence-corrected chi connectivity index (χ4v) is 2.55. The number of thiophene rings is 1. The molecule has 18 heavy (non-hydrogen) atoms. The minimum atomic E-state index is 0.527. The van der Waals surface area contributed by atoms with Gasteiger partial charge in [-0.15, -0.1) is 11.3 Å². The van der Waals surface area contributed by atoms with Crippen molar-refractivity contribution in [2.24, 2.45) is 0 Å². The Morgan fingerprint density at radius 3 is 2.89 bits per heavy atom. The second-order valence-corrected chi connectivity index (χ2v) is 5.74. The van der Waals surface area contributed by atoms with Gasteiger partial charge in [0.1, 0.15) is 0 Å². The van der Waals surface area contributed by atoms with E-state index >= 15 is 0 Å². The molecule has 0 saturated carbocycles. The van der Waals surface area contributed by atoms with E-state index in [9.17, 15) is 0 Å². The van der Waals surface area contributed by atoms with Crippen LogP contribution in [0.3, 0.4) is 0 Å². The molecule has 0 aliphatic heterocycles. The van der Waals surface area contributed by atoms with Gasteiger partial charge in [0.2, 0.25) is 5.82 Å². The number of aromatic nitrogens is 2. The van der Waals surface area contributed by atoms with Gasteiger partial charge in [0.05, 0.1) is 9.90 Å². The highest BCUT2D eigenvalue weighted by atomic mass is 79.9. The highest BCUT2D eigenvalue weighted by molar-refractivity contribution is 9.10. The third-order valence-corrected chi connectivity index (χ3v) is 4.43. The van der Waals surface area contributed by atoms with Gasteiger partial charge in [0, 0.05) is 10.0 Å². The van der Waals surface area contributed by atoms with Crippen molar-refractivity contribution in [2.75, 3.05) is 0 Å². The summed E-state index contributed by atoms with van der Waals surface area (Å²) in [6, 6.07) is 9.43. The van der Waals surface area contributed by atoms with E-state index in [1.807, 2.05) is 29.6 Å². The normalized spacial score (nSPS) is 10.8. The number of hydrogen-bond acceptors (Lipinski definition) is 4. The molecule has 3 nitrogen and oxygen atoms in total. The quantitative estimate of drug-likeness (QED) is 0.667. The van der Waals surface area contributed by atoms with E-state index in [0.29, 0.717) is 16.7 Å². The van der Waals surface area contributed by atoms with Crippen LogP contribution in [0.1, 0.15) is 0 Å². The van der Waals surface area contributed by atoms with Crippen molar-refractivity contribution >= 4 is 38.9 Å². The van der Waals surface area contributed by atoms with Crippen LogP contribution < -0.4 is 0 Å². The topological polar surface area (TPSA) is 38.9 Å². The summed E-state index contributed by atoms with van der Waals surface area (Å²) in [5.41, 5.74) is 0.828. The first kappa shape index (κ1) is 11.9. The van der Waals surface area contributed by atoms with Crippen LogP contribution >= 0.6 is 38.9 Å². The van der Waals surface area contributed by atoms with Crippen molar-refractivity contribution in [3.63, 3.8) is 0 Å². The van der Waals surface area contributed by atoms with Gasteiger partial charge in [-0.3, -0.25) is 0 Å². The lowest BCUT2D eigenvalue weighted by atomic mass is 10.2. The Morgan fingerprint density at radius 2 is 2.17 bits per heavy atom. The number of hydrogen-bond donors (Lipinski definition) is 0. The molecule has 90 valence electrons. The molecule has 1 aromatic carbocycles. The molecule has 3 rings (SSSR count). The highest BCUT2D eigenvalue weighted by Gasteiger charge is 2.12. The van der Waals surface area contributed by atoms with E-state index in [2.05, 4.69) is 26.1 Å². The van der Waals surface area contributed by atoms with Crippen molar-refractivity contribution in [1.82, 2.24) is 10.1 Å². The summed E-state index contributed by atoms with van der Waals surface area (Å²) in [5.74, 6) is 1.06. The lowest BCUT2D eigenvalue weighted by molar-refractivity contribution is 0.433. The first-order chi connectivity index (χ1) is 8.74. The predicted molar refractivity (Wildman–Crippen MR) is 75.8 cm³/mol. The summed E-state index contributed by atoms with van der Waals surface area (Å²) < 4.78 is 6.07. The average Bonchev–Trinajstić information content (AvgIpc) is 3.01. The summed E-state index contributed by atoms with van der Waals surface area (Å²) in [6.07, 6.45) is 0. The van der Waals surface area contributed by atoms with Crippen LogP contribution in [0.15, 0.2) is 44.7 Å². The van der Waals surface area contributed by atoms with Crippen LogP contribution in [0.4, 0.5) is 0 Å². The zero-order valence-corrected chi connectivity index (χ0v) is 12.1. The molecule has 0 radical (unpaired) electrons. The summed E-state index contributed by atoms with van der Waals surface area (Å²) >= 11 is 10.9. The van der Waals surface area contributed by atoms with Crippen molar-refractivity contribution in [3.05, 3.63) is 45.2 Å². The minimum Gasteiger partial charge on any atom is -0.333 e. The molecular formula is C12H6BrClN2OS. The molecule has 0 fully saturated rings. The molecule has 0 amide bonds. The van der Waals surface area contributed by atoms with Gasteiger partial charge in [0.25, 0.3) is 5.89 Å². The second-order valence-electron chi connectivity index (χ2n) is 3.53. The Labute approximate surface area is 121 Å². The van der Waals surface area contributed by atoms with Crippen LogP contribution in [0.25, 0.3) is 22.2 Å². The van der Waals surface area contributed by atoms with Crippen LogP contribution in [-0.2, 0) is 0 Å². The number of nitrogens with zero attached hydrogens (tertiary/aromatic N) is 2. The van der Waals surface area contributed by atoms with Gasteiger partial charge < -0.3 is 4.52 Å². The molecule has 0 N–H and O–H groups in total. The fraction of sp³-hybridized carbons (Fsp3) is 0. The molecule has 0 aliphatic rings. The SMILES string of the molecule is Clc1cc(-c2noc(-c3cccs3)n2)ccc1Br. The summed E-state index contributed by atoms with van der Waals surface area (Å²) in [4.78, 5) is 5.31. The Bertz CT molecular complexity index is 681. The van der Waals surface area contributed by atoms with Gasteiger partial charge in [-0.2, -0.15) is 4.98 Å². The molecule has 6 heteroatoms. The van der Waals surface area contributed by atoms with Gasteiger partial charge in [0.15, 0.2) is 0 Å². The molecule has 0 aliphatic carbocycles. The molecule has 2 aromatic heterocycles. The van der Waals surface area contributed by atoms with Crippen molar-refractivity contribution in [2.45, 2.75) is 0 Å². The third kappa shape index (κ3) is 2.21. The van der Waals surface area contributed by atoms with E-state index in [1.165, 1.54) is 0 Å². The first-order valence-electron chi connectivity index (χ1n) is 5.07. The predicted octanol–water partition coefficient (Wildman–Crippen LogP) is 4.88. The maximum Gasteiger partial charge on any atom is 0.268 e. The Kier molecular flexibility index (Phi) is 3.20. The maximum atomic E-state index is 6.04. The molecule has 0 atom stereocenters. The maximum absolute atomic E-state index is 6.04. The zero-order valence-electron chi connectivity index (χ0n) is 8.93. The molecule has 2 heterocycles. The zero-order chi connectivity index (χ0) is 12.5. The summed E-state index contributed by atoms with van der Waals surface area (Å²) in [5, 5.41) is 6.55. The van der Waals surface area contributed by atoms with Crippen molar-refractivity contribution < 1.29 is 4.52 Å². The highest BCUT2D eigenvalue weighted by Crippen LogP contribution is 2.29. The number of rotatable bonds is 2. The molecule has 0 spiro atoms. The molecule has 3 aromatic rings. The Morgan fingerprint density at radius 1 is 1.28 bits per heavy atom. The van der Waals surface area contributed by atoms with E-state index in [4.69, 9.17) is 16.1 Å². The van der Waals surface area contributed by atoms with E-state index in [0.717, 1.165) is 14.9 Å². The van der Waals surface area contributed by atoms with Gasteiger partial charge in [-0.05, 0) is 45.6 Å². The lowest BCUT2D eigenvalue weighted by Crippen LogP contribution is -1.81. The molecular weight excluding hydrogens is 336 g/mol. The summed E-state index contributed by atoms with van der Waals surface area (Å²) in [7, 11) is 0. The van der Waals surface area contributed by atoms with Crippen LogP contribution in [0.5, 0.6) is 0 Å². The van der Waals surface area contributed by atoms with Crippen molar-refractivity contribution in [3.8, 4) is 22.2 Å². The smallest absolute Gasteiger partial charge is 0.268 e. The minimum absolute atomic E-state index is 0.527. The van der Waals surface area contributed by atoms with E-state index < -0.39 is 0 Å². The Balaban J connectivity index is 2.00. The third-order valence-electron chi connectivity index (χ3n) is 2.34. The molecule has 0 bridgehead atoms. The average molecular weight is 342 g/mol. The molecule has 0 saturated heterocycles.